The molecule has 31 heavy (non-hydrogen) atoms. The molecule has 1 amide bonds. The maximum atomic E-state index is 13.2. The second kappa shape index (κ2) is 8.52. The Hall–Kier alpha value is -3.17. The summed E-state index contributed by atoms with van der Waals surface area (Å²) in [6, 6.07) is 17.2. The molecule has 2 aromatic heterocycles. The summed E-state index contributed by atoms with van der Waals surface area (Å²) in [5, 5.41) is 9.84. The molecule has 0 saturated carbocycles. The average molecular weight is 436 g/mol. The van der Waals surface area contributed by atoms with Gasteiger partial charge in [0, 0.05) is 13.1 Å². The van der Waals surface area contributed by atoms with Crippen molar-refractivity contribution in [1.82, 2.24) is 24.1 Å². The van der Waals surface area contributed by atoms with Gasteiger partial charge >= 0.3 is 0 Å². The molecule has 4 aromatic rings. The number of carbonyl (C=O) groups is 1. The summed E-state index contributed by atoms with van der Waals surface area (Å²) < 4.78 is 8.83. The number of para-hydroxylation sites is 1. The first-order valence-electron chi connectivity index (χ1n) is 10.1. The van der Waals surface area contributed by atoms with Gasteiger partial charge in [0.15, 0.2) is 5.16 Å². The predicted octanol–water partition coefficient (Wildman–Crippen LogP) is 2.04. The van der Waals surface area contributed by atoms with Crippen molar-refractivity contribution in [3.8, 4) is 0 Å². The van der Waals surface area contributed by atoms with Crippen LogP contribution in [-0.4, -0.2) is 62.0 Å². The highest BCUT2D eigenvalue weighted by Crippen LogP contribution is 2.22. The lowest BCUT2D eigenvalue weighted by atomic mass is 10.2. The van der Waals surface area contributed by atoms with Gasteiger partial charge in [-0.1, -0.05) is 54.2 Å². The number of nitrogens with zero attached hydrogens (tertiary/aromatic N) is 5. The number of benzene rings is 2. The van der Waals surface area contributed by atoms with E-state index in [9.17, 15) is 9.59 Å². The smallest absolute Gasteiger partial charge is 0.263 e. The Bertz CT molecular complexity index is 1300. The minimum Gasteiger partial charge on any atom is -0.378 e. The van der Waals surface area contributed by atoms with E-state index in [-0.39, 0.29) is 17.2 Å². The highest BCUT2D eigenvalue weighted by molar-refractivity contribution is 7.99. The van der Waals surface area contributed by atoms with E-state index in [0.29, 0.717) is 49.2 Å². The van der Waals surface area contributed by atoms with Gasteiger partial charge in [-0.2, -0.15) is 0 Å². The van der Waals surface area contributed by atoms with E-state index in [4.69, 9.17) is 4.74 Å². The molecule has 0 N–H and O–H groups in total. The van der Waals surface area contributed by atoms with Gasteiger partial charge in [-0.25, -0.2) is 0 Å². The molecular weight excluding hydrogens is 414 g/mol. The van der Waals surface area contributed by atoms with Crippen LogP contribution in [0.1, 0.15) is 5.56 Å². The van der Waals surface area contributed by atoms with Crippen molar-refractivity contribution in [1.29, 1.82) is 0 Å². The number of amides is 1. The Balaban J connectivity index is 1.54. The van der Waals surface area contributed by atoms with Gasteiger partial charge in [-0.05, 0) is 17.7 Å². The molecule has 9 heteroatoms. The Morgan fingerprint density at radius 3 is 2.55 bits per heavy atom. The Morgan fingerprint density at radius 1 is 1.00 bits per heavy atom. The predicted molar refractivity (Wildman–Crippen MR) is 118 cm³/mol. The number of fused-ring (bicyclic) bond motifs is 3. The first-order valence-corrected chi connectivity index (χ1v) is 11.1. The number of hydrogen-bond acceptors (Lipinski definition) is 6. The molecule has 2 aromatic carbocycles. The van der Waals surface area contributed by atoms with Crippen LogP contribution in [0, 0.1) is 0 Å². The van der Waals surface area contributed by atoms with Crippen LogP contribution < -0.4 is 5.56 Å². The van der Waals surface area contributed by atoms with Crippen LogP contribution in [-0.2, 0) is 16.1 Å². The van der Waals surface area contributed by atoms with Gasteiger partial charge in [0.05, 0.1) is 36.4 Å². The number of morpholine rings is 1. The maximum Gasteiger partial charge on any atom is 0.263 e. The van der Waals surface area contributed by atoms with Crippen molar-refractivity contribution in [2.45, 2.75) is 11.7 Å². The molecule has 1 aliphatic rings. The SMILES string of the molecule is O=C(CSc1nnc2n(Cc3ccccc3)c(=O)c3ccccc3n12)N1CCOCC1. The van der Waals surface area contributed by atoms with Crippen molar-refractivity contribution < 1.29 is 9.53 Å². The zero-order valence-electron chi connectivity index (χ0n) is 16.8. The monoisotopic (exact) mass is 435 g/mol. The van der Waals surface area contributed by atoms with Crippen molar-refractivity contribution in [2.24, 2.45) is 0 Å². The van der Waals surface area contributed by atoms with Gasteiger partial charge in [-0.3, -0.25) is 18.6 Å². The molecule has 8 nitrogen and oxygen atoms in total. The fourth-order valence-electron chi connectivity index (χ4n) is 3.77. The molecule has 0 radical (unpaired) electrons. The number of ether oxygens (including phenoxy) is 1. The van der Waals surface area contributed by atoms with Crippen molar-refractivity contribution in [3.63, 3.8) is 0 Å². The van der Waals surface area contributed by atoms with Crippen molar-refractivity contribution in [3.05, 3.63) is 70.5 Å². The highest BCUT2D eigenvalue weighted by Gasteiger charge is 2.20. The molecule has 0 bridgehead atoms. The summed E-state index contributed by atoms with van der Waals surface area (Å²) in [6.07, 6.45) is 0. The van der Waals surface area contributed by atoms with Crippen LogP contribution in [0.25, 0.3) is 16.7 Å². The number of hydrogen-bond donors (Lipinski definition) is 0. The highest BCUT2D eigenvalue weighted by atomic mass is 32.2. The van der Waals surface area contributed by atoms with Gasteiger partial charge in [0.25, 0.3) is 5.56 Å². The number of thioether (sulfide) groups is 1. The molecule has 3 heterocycles. The zero-order valence-corrected chi connectivity index (χ0v) is 17.6. The molecule has 1 saturated heterocycles. The summed E-state index contributed by atoms with van der Waals surface area (Å²) in [5.74, 6) is 0.772. The molecule has 1 fully saturated rings. The van der Waals surface area contributed by atoms with E-state index in [2.05, 4.69) is 10.2 Å². The number of rotatable bonds is 5. The van der Waals surface area contributed by atoms with Gasteiger partial charge < -0.3 is 9.64 Å². The molecule has 0 aliphatic carbocycles. The summed E-state index contributed by atoms with van der Waals surface area (Å²) >= 11 is 1.34. The van der Waals surface area contributed by atoms with Crippen LogP contribution in [0.5, 0.6) is 0 Å². The second-order valence-electron chi connectivity index (χ2n) is 7.29. The lowest BCUT2D eigenvalue weighted by Gasteiger charge is -2.26. The van der Waals surface area contributed by atoms with Crippen LogP contribution in [0.2, 0.25) is 0 Å². The van der Waals surface area contributed by atoms with Gasteiger partial charge in [0.1, 0.15) is 0 Å². The molecule has 0 spiro atoms. The van der Waals surface area contributed by atoms with E-state index in [1.54, 1.807) is 4.57 Å². The largest absolute Gasteiger partial charge is 0.378 e. The fourth-order valence-corrected chi connectivity index (χ4v) is 4.61. The van der Waals surface area contributed by atoms with Gasteiger partial charge in [-0.15, -0.1) is 10.2 Å². The Kier molecular flexibility index (Phi) is 5.44. The zero-order chi connectivity index (χ0) is 21.2. The second-order valence-corrected chi connectivity index (χ2v) is 8.24. The Labute approximate surface area is 182 Å². The van der Waals surface area contributed by atoms with Crippen LogP contribution in [0.15, 0.2) is 64.5 Å². The quantitative estimate of drug-likeness (QED) is 0.446. The van der Waals surface area contributed by atoms with Crippen molar-refractivity contribution >= 4 is 34.3 Å². The standard InChI is InChI=1S/C22H21N5O3S/c28-19(25-10-12-30-13-11-25)15-31-22-24-23-21-26(14-16-6-2-1-3-7-16)20(29)17-8-4-5-9-18(17)27(21)22/h1-9H,10-15H2. The molecule has 5 rings (SSSR count). The lowest BCUT2D eigenvalue weighted by Crippen LogP contribution is -2.41. The fraction of sp³-hybridized carbons (Fsp3) is 0.273. The maximum absolute atomic E-state index is 13.2. The van der Waals surface area contributed by atoms with E-state index < -0.39 is 0 Å². The van der Waals surface area contributed by atoms with Crippen LogP contribution in [0.4, 0.5) is 0 Å². The van der Waals surface area contributed by atoms with Crippen LogP contribution in [0.3, 0.4) is 0 Å². The Morgan fingerprint density at radius 2 is 1.74 bits per heavy atom. The molecular formula is C22H21N5O3S. The summed E-state index contributed by atoms with van der Waals surface area (Å²) in [7, 11) is 0. The summed E-state index contributed by atoms with van der Waals surface area (Å²) in [6.45, 7) is 2.75. The minimum atomic E-state index is -0.111. The molecule has 0 atom stereocenters. The normalized spacial score (nSPS) is 14.4. The van der Waals surface area contributed by atoms with E-state index in [0.717, 1.165) is 11.1 Å². The summed E-state index contributed by atoms with van der Waals surface area (Å²) in [5.41, 5.74) is 1.62. The molecule has 1 aliphatic heterocycles. The third-order valence-corrected chi connectivity index (χ3v) is 6.26. The first-order chi connectivity index (χ1) is 15.2. The first kappa shape index (κ1) is 19.8. The van der Waals surface area contributed by atoms with Gasteiger partial charge in [0.2, 0.25) is 11.7 Å². The number of carbonyl (C=O) groups excluding carboxylic acids is 1. The van der Waals surface area contributed by atoms with E-state index in [1.807, 2.05) is 63.9 Å². The topological polar surface area (TPSA) is 81.7 Å². The average Bonchev–Trinajstić information content (AvgIpc) is 3.25. The van der Waals surface area contributed by atoms with E-state index >= 15 is 0 Å². The number of aromatic nitrogens is 4. The summed E-state index contributed by atoms with van der Waals surface area (Å²) in [4.78, 5) is 27.6. The van der Waals surface area contributed by atoms with E-state index in [1.165, 1.54) is 11.8 Å². The minimum absolute atomic E-state index is 0.0481. The van der Waals surface area contributed by atoms with Crippen molar-refractivity contribution in [2.75, 3.05) is 32.1 Å². The third kappa shape index (κ3) is 3.82. The molecule has 0 unspecified atom stereocenters. The lowest BCUT2D eigenvalue weighted by molar-refractivity contribution is -0.132. The third-order valence-electron chi connectivity index (χ3n) is 5.35. The molecule has 158 valence electrons. The van der Waals surface area contributed by atoms with Crippen LogP contribution >= 0.6 is 11.8 Å².